The first-order valence-electron chi connectivity index (χ1n) is 5.74. The summed E-state index contributed by atoms with van der Waals surface area (Å²) < 4.78 is 0. The first-order valence-corrected chi connectivity index (χ1v) is 7.66. The molecule has 2 unspecified atom stereocenters. The van der Waals surface area contributed by atoms with Crippen LogP contribution in [0.4, 0.5) is 0 Å². The molecule has 0 aliphatic carbocycles. The predicted molar refractivity (Wildman–Crippen MR) is 68.9 cm³/mol. The average Bonchev–Trinajstić information content (AvgIpc) is 2.72. The molecule has 0 aromatic carbocycles. The molecule has 3 rings (SSSR count). The molecule has 0 bridgehead atoms. The third-order valence-electron chi connectivity index (χ3n) is 3.63. The molecule has 2 aliphatic heterocycles. The standard InChI is InChI=1S/C12H17NS2/c1-9-2-5-12(8-15-9)11-10(3-6-13-12)4-7-14-11/h4,7,9,13H,2-3,5-6,8H2,1H3. The molecule has 1 saturated heterocycles. The molecule has 3 heterocycles. The van der Waals surface area contributed by atoms with E-state index < -0.39 is 0 Å². The van der Waals surface area contributed by atoms with Gasteiger partial charge in [0.2, 0.25) is 0 Å². The highest BCUT2D eigenvalue weighted by Crippen LogP contribution is 2.43. The summed E-state index contributed by atoms with van der Waals surface area (Å²) >= 11 is 4.09. The number of thiophene rings is 1. The molecule has 1 spiro atoms. The normalized spacial score (nSPS) is 35.4. The number of hydrogen-bond donors (Lipinski definition) is 1. The van der Waals surface area contributed by atoms with Crippen LogP contribution in [0.5, 0.6) is 0 Å². The van der Waals surface area contributed by atoms with E-state index in [0.717, 1.165) is 5.25 Å². The SMILES string of the molecule is CC1CCC2(CS1)NCCc1ccsc12. The number of thioether (sulfide) groups is 1. The van der Waals surface area contributed by atoms with Crippen molar-refractivity contribution in [3.63, 3.8) is 0 Å². The molecule has 2 aliphatic rings. The van der Waals surface area contributed by atoms with Crippen molar-refractivity contribution in [2.45, 2.75) is 37.0 Å². The molecule has 0 saturated carbocycles. The Hall–Kier alpha value is 0.01000. The second kappa shape index (κ2) is 3.79. The van der Waals surface area contributed by atoms with Gasteiger partial charge in [0, 0.05) is 22.4 Å². The highest BCUT2D eigenvalue weighted by Gasteiger charge is 2.40. The number of nitrogens with one attached hydrogen (secondary N) is 1. The lowest BCUT2D eigenvalue weighted by atomic mass is 9.86. The topological polar surface area (TPSA) is 12.0 Å². The van der Waals surface area contributed by atoms with Gasteiger partial charge in [0.25, 0.3) is 0 Å². The van der Waals surface area contributed by atoms with Gasteiger partial charge >= 0.3 is 0 Å². The van der Waals surface area contributed by atoms with Crippen LogP contribution in [0.3, 0.4) is 0 Å². The van der Waals surface area contributed by atoms with Crippen molar-refractivity contribution in [3.05, 3.63) is 21.9 Å². The van der Waals surface area contributed by atoms with Crippen molar-refractivity contribution in [1.82, 2.24) is 5.32 Å². The van der Waals surface area contributed by atoms with Crippen LogP contribution in [0.25, 0.3) is 0 Å². The fraction of sp³-hybridized carbons (Fsp3) is 0.667. The Morgan fingerprint density at radius 2 is 2.47 bits per heavy atom. The number of rotatable bonds is 0. The van der Waals surface area contributed by atoms with Crippen LogP contribution in [-0.4, -0.2) is 17.5 Å². The molecule has 1 aromatic heterocycles. The van der Waals surface area contributed by atoms with E-state index in [0.29, 0.717) is 5.54 Å². The van der Waals surface area contributed by atoms with Crippen molar-refractivity contribution in [2.75, 3.05) is 12.3 Å². The van der Waals surface area contributed by atoms with Crippen molar-refractivity contribution in [3.8, 4) is 0 Å². The molecule has 1 fully saturated rings. The zero-order valence-corrected chi connectivity index (χ0v) is 10.7. The fourth-order valence-electron chi connectivity index (χ4n) is 2.68. The van der Waals surface area contributed by atoms with E-state index in [4.69, 9.17) is 0 Å². The minimum Gasteiger partial charge on any atom is -0.306 e. The van der Waals surface area contributed by atoms with Gasteiger partial charge in [0.15, 0.2) is 0 Å². The maximum absolute atomic E-state index is 3.79. The molecule has 1 nitrogen and oxygen atoms in total. The lowest BCUT2D eigenvalue weighted by Crippen LogP contribution is -2.50. The van der Waals surface area contributed by atoms with E-state index >= 15 is 0 Å². The Balaban J connectivity index is 1.94. The Labute approximate surface area is 99.7 Å². The Bertz CT molecular complexity index is 350. The molecular weight excluding hydrogens is 222 g/mol. The Kier molecular flexibility index (Phi) is 2.57. The first-order chi connectivity index (χ1) is 7.30. The zero-order valence-electron chi connectivity index (χ0n) is 9.08. The summed E-state index contributed by atoms with van der Waals surface area (Å²) in [5.74, 6) is 1.27. The van der Waals surface area contributed by atoms with Gasteiger partial charge in [-0.05, 0) is 36.3 Å². The lowest BCUT2D eigenvalue weighted by Gasteiger charge is -2.42. The minimum atomic E-state index is 0.332. The molecule has 0 amide bonds. The van der Waals surface area contributed by atoms with Gasteiger partial charge in [0.1, 0.15) is 0 Å². The van der Waals surface area contributed by atoms with Crippen molar-refractivity contribution >= 4 is 23.1 Å². The van der Waals surface area contributed by atoms with Gasteiger partial charge in [-0.15, -0.1) is 11.3 Å². The summed E-state index contributed by atoms with van der Waals surface area (Å²) in [5, 5.41) is 6.90. The third kappa shape index (κ3) is 1.65. The predicted octanol–water partition coefficient (Wildman–Crippen LogP) is 3.00. The summed E-state index contributed by atoms with van der Waals surface area (Å²) in [4.78, 5) is 1.63. The minimum absolute atomic E-state index is 0.332. The van der Waals surface area contributed by atoms with Crippen molar-refractivity contribution in [2.24, 2.45) is 0 Å². The molecule has 1 aromatic rings. The van der Waals surface area contributed by atoms with Crippen LogP contribution in [0.2, 0.25) is 0 Å². The summed E-state index contributed by atoms with van der Waals surface area (Å²) in [6.07, 6.45) is 3.91. The van der Waals surface area contributed by atoms with Crippen molar-refractivity contribution in [1.29, 1.82) is 0 Å². The van der Waals surface area contributed by atoms with Gasteiger partial charge < -0.3 is 5.32 Å². The maximum Gasteiger partial charge on any atom is 0.0623 e. The highest BCUT2D eigenvalue weighted by molar-refractivity contribution is 8.00. The molecule has 1 N–H and O–H groups in total. The van der Waals surface area contributed by atoms with Crippen LogP contribution in [-0.2, 0) is 12.0 Å². The Morgan fingerprint density at radius 3 is 3.27 bits per heavy atom. The molecule has 2 atom stereocenters. The molecule has 3 heteroatoms. The third-order valence-corrected chi connectivity index (χ3v) is 6.26. The monoisotopic (exact) mass is 239 g/mol. The molecule has 15 heavy (non-hydrogen) atoms. The molecular formula is C12H17NS2. The second-order valence-electron chi connectivity index (χ2n) is 4.69. The van der Waals surface area contributed by atoms with Gasteiger partial charge in [-0.2, -0.15) is 11.8 Å². The quantitative estimate of drug-likeness (QED) is 0.747. The van der Waals surface area contributed by atoms with E-state index in [2.05, 4.69) is 35.4 Å². The molecule has 82 valence electrons. The lowest BCUT2D eigenvalue weighted by molar-refractivity contribution is 0.320. The van der Waals surface area contributed by atoms with Crippen LogP contribution in [0, 0.1) is 0 Å². The van der Waals surface area contributed by atoms with E-state index in [-0.39, 0.29) is 0 Å². The Morgan fingerprint density at radius 1 is 1.53 bits per heavy atom. The largest absolute Gasteiger partial charge is 0.306 e. The smallest absolute Gasteiger partial charge is 0.0623 e. The average molecular weight is 239 g/mol. The van der Waals surface area contributed by atoms with E-state index in [9.17, 15) is 0 Å². The van der Waals surface area contributed by atoms with E-state index in [1.165, 1.54) is 31.6 Å². The fourth-order valence-corrected chi connectivity index (χ4v) is 5.17. The number of hydrogen-bond acceptors (Lipinski definition) is 3. The van der Waals surface area contributed by atoms with E-state index in [1.54, 1.807) is 10.4 Å². The first kappa shape index (κ1) is 10.2. The summed E-state index contributed by atoms with van der Waals surface area (Å²) in [5.41, 5.74) is 1.94. The van der Waals surface area contributed by atoms with Gasteiger partial charge in [-0.1, -0.05) is 6.92 Å². The van der Waals surface area contributed by atoms with Crippen LogP contribution in [0.1, 0.15) is 30.2 Å². The van der Waals surface area contributed by atoms with E-state index in [1.807, 2.05) is 11.3 Å². The highest BCUT2D eigenvalue weighted by atomic mass is 32.2. The van der Waals surface area contributed by atoms with Crippen LogP contribution < -0.4 is 5.32 Å². The second-order valence-corrected chi connectivity index (χ2v) is 7.04. The summed E-state index contributed by atoms with van der Waals surface area (Å²) in [6, 6.07) is 2.32. The summed E-state index contributed by atoms with van der Waals surface area (Å²) in [7, 11) is 0. The summed E-state index contributed by atoms with van der Waals surface area (Å²) in [6.45, 7) is 3.52. The zero-order chi connectivity index (χ0) is 10.3. The number of fused-ring (bicyclic) bond motifs is 2. The van der Waals surface area contributed by atoms with Crippen LogP contribution in [0.15, 0.2) is 11.4 Å². The molecule has 0 radical (unpaired) electrons. The van der Waals surface area contributed by atoms with Gasteiger partial charge in [-0.3, -0.25) is 0 Å². The van der Waals surface area contributed by atoms with Gasteiger partial charge in [-0.25, -0.2) is 0 Å². The van der Waals surface area contributed by atoms with Gasteiger partial charge in [0.05, 0.1) is 5.54 Å². The van der Waals surface area contributed by atoms with Crippen molar-refractivity contribution < 1.29 is 0 Å². The maximum atomic E-state index is 3.79. The van der Waals surface area contributed by atoms with Crippen LogP contribution >= 0.6 is 23.1 Å².